The Balaban J connectivity index is 3.43. The molecule has 0 aromatic heterocycles. The van der Waals surface area contributed by atoms with Gasteiger partial charge in [0, 0.05) is 38.5 Å². The van der Waals surface area contributed by atoms with Crippen LogP contribution < -0.4 is 43.0 Å². The number of aromatic hydroxyl groups is 1. The predicted molar refractivity (Wildman–Crippen MR) is 238 cm³/mol. The second-order valence-corrected chi connectivity index (χ2v) is 16.5. The Hall–Kier alpha value is -7.71. The van der Waals surface area contributed by atoms with Gasteiger partial charge in [-0.2, -0.15) is 0 Å². The molecule has 1 rings (SSSR count). The van der Waals surface area contributed by atoms with Crippen molar-refractivity contribution in [3.05, 3.63) is 29.8 Å². The summed E-state index contributed by atoms with van der Waals surface area (Å²) in [6.45, 7) is 4.70. The third kappa shape index (κ3) is 24.4. The normalized spacial score (nSPS) is 14.3. The number of carbonyl (C=O) groups is 12. The van der Waals surface area contributed by atoms with Crippen LogP contribution in [0.15, 0.2) is 24.3 Å². The Morgan fingerprint density at radius 1 is 0.471 bits per heavy atom. The lowest BCUT2D eigenvalue weighted by Gasteiger charge is -2.27. The Labute approximate surface area is 400 Å². The molecule has 0 saturated heterocycles. The number of aliphatic carboxylic acids is 5. The number of carboxylic acids is 5. The third-order valence-corrected chi connectivity index (χ3v) is 10.0. The van der Waals surface area contributed by atoms with E-state index < -0.39 is 184 Å². The van der Waals surface area contributed by atoms with Crippen molar-refractivity contribution >= 4 is 77.5 Å². The molecule has 387 valence electrons. The maximum atomic E-state index is 13.8. The lowest BCUT2D eigenvalue weighted by molar-refractivity contribution is -0.141. The minimum absolute atomic E-state index is 0.0553. The van der Waals surface area contributed by atoms with Crippen molar-refractivity contribution in [1.29, 1.82) is 0 Å². The van der Waals surface area contributed by atoms with Crippen LogP contribution in [-0.2, 0) is 68.7 Å². The van der Waals surface area contributed by atoms with Crippen LogP contribution in [-0.4, -0.2) is 156 Å². The van der Waals surface area contributed by atoms with E-state index in [-0.39, 0.29) is 24.5 Å². The minimum Gasteiger partial charge on any atom is -0.508 e. The number of phenolic OH excluding ortho intramolecular Hbond substituents is 1. The van der Waals surface area contributed by atoms with Crippen LogP contribution in [0.3, 0.4) is 0 Å². The van der Waals surface area contributed by atoms with Gasteiger partial charge in [0.25, 0.3) is 0 Å². The number of nitrogens with one attached hydrogen (secondary N) is 7. The molecule has 0 unspecified atom stereocenters. The Morgan fingerprint density at radius 3 is 1.06 bits per heavy atom. The van der Waals surface area contributed by atoms with Gasteiger partial charge >= 0.3 is 29.8 Å². The molecule has 0 saturated carbocycles. The Bertz CT molecular complexity index is 2050. The van der Waals surface area contributed by atoms with E-state index >= 15 is 0 Å². The molecule has 70 heavy (non-hydrogen) atoms. The van der Waals surface area contributed by atoms with Gasteiger partial charge in [-0.1, -0.05) is 26.0 Å². The van der Waals surface area contributed by atoms with E-state index in [1.807, 2.05) is 0 Å². The summed E-state index contributed by atoms with van der Waals surface area (Å²) in [5.74, 6) is -15.4. The molecule has 0 aliphatic heterocycles. The highest BCUT2D eigenvalue weighted by Crippen LogP contribution is 2.12. The van der Waals surface area contributed by atoms with E-state index in [9.17, 15) is 93.0 Å². The van der Waals surface area contributed by atoms with Crippen molar-refractivity contribution in [3.63, 3.8) is 0 Å². The van der Waals surface area contributed by atoms with Gasteiger partial charge in [-0.15, -0.1) is 0 Å². The molecule has 1 aromatic rings. The van der Waals surface area contributed by atoms with E-state index in [0.29, 0.717) is 5.56 Å². The van der Waals surface area contributed by atoms with Gasteiger partial charge in [-0.3, -0.25) is 62.3 Å². The first-order valence-corrected chi connectivity index (χ1v) is 21.8. The lowest BCUT2D eigenvalue weighted by Crippen LogP contribution is -2.60. The molecule has 27 heteroatoms. The maximum absolute atomic E-state index is 13.8. The molecule has 15 N–H and O–H groups in total. The first kappa shape index (κ1) is 60.3. The highest BCUT2D eigenvalue weighted by Gasteiger charge is 2.34. The molecule has 7 amide bonds. The first-order chi connectivity index (χ1) is 32.7. The molecular formula is C43H61N8O19. The number of carbonyl (C=O) groups excluding carboxylic acids is 8. The summed E-state index contributed by atoms with van der Waals surface area (Å²) in [4.78, 5) is 163. The van der Waals surface area contributed by atoms with Gasteiger partial charge in [-0.05, 0) is 69.1 Å². The highest BCUT2D eigenvalue weighted by atomic mass is 16.4. The number of hydrogen-bond donors (Lipinski definition) is 14. The van der Waals surface area contributed by atoms with E-state index in [1.54, 1.807) is 20.1 Å². The van der Waals surface area contributed by atoms with Crippen LogP contribution in [0.4, 0.5) is 0 Å². The van der Waals surface area contributed by atoms with Gasteiger partial charge in [0.2, 0.25) is 47.6 Å². The van der Waals surface area contributed by atoms with E-state index in [2.05, 4.69) is 37.2 Å². The predicted octanol–water partition coefficient (Wildman–Crippen LogP) is -2.84. The maximum Gasteiger partial charge on any atom is 0.303 e. The topological polar surface area (TPSA) is 454 Å². The summed E-state index contributed by atoms with van der Waals surface area (Å²) in [6, 6.07) is -7.21. The fourth-order valence-electron chi connectivity index (χ4n) is 6.33. The average molecular weight is 994 g/mol. The number of nitrogens with two attached hydrogens (primary N) is 1. The minimum atomic E-state index is -1.92. The van der Waals surface area contributed by atoms with Gasteiger partial charge in [0.1, 0.15) is 42.0 Å². The van der Waals surface area contributed by atoms with E-state index in [0.717, 1.165) is 0 Å². The fourth-order valence-corrected chi connectivity index (χ4v) is 6.33. The number of amides is 7. The SMILES string of the molecule is CC(C)C[C@H](N)C(=O)N[C@@H](CCC(=O)O)C(=O)N[C@@H](CCC(=O)O)C(=O)N[C@@H](CCC(=O)O)C(=O)N[C@@H](CCC(=O)O)C(=O)N[C@@H](CCC(=O)O)C(=O)N[C@@H](C)C(=O)N[C@H]([C]=O)Cc1ccc(O)cc1. The molecular weight excluding hydrogens is 933 g/mol. The van der Waals surface area contributed by atoms with Crippen molar-refractivity contribution < 1.29 is 93.0 Å². The zero-order valence-corrected chi connectivity index (χ0v) is 38.6. The van der Waals surface area contributed by atoms with Crippen LogP contribution in [0.2, 0.25) is 0 Å². The van der Waals surface area contributed by atoms with Gasteiger partial charge in [0.15, 0.2) is 0 Å². The summed E-state index contributed by atoms with van der Waals surface area (Å²) in [6.07, 6.45) is -5.38. The van der Waals surface area contributed by atoms with Gasteiger partial charge in [-0.25, -0.2) is 0 Å². The second kappa shape index (κ2) is 30.6. The summed E-state index contributed by atoms with van der Waals surface area (Å²) >= 11 is 0. The zero-order chi connectivity index (χ0) is 53.2. The molecule has 0 spiro atoms. The standard InChI is InChI=1S/C43H61N8O19/c1-21(2)18-26(44)38(65)47-28(9-14-33(56)57)40(67)49-30(11-16-35(60)61)42(69)51-31(12-17-36(62)63)43(70)50-29(10-15-34(58)59)41(68)48-27(8-13-32(54)55)39(66)45-22(3)37(64)46-24(20-52)19-23-4-6-25(53)7-5-23/h4-7,21-22,24,26-31,53H,8-19,44H2,1-3H3,(H,45,66)(H,46,64)(H,47,65)(H,48,68)(H,49,67)(H,50,70)(H,51,69)(H,54,55)(H,56,57)(H,58,59)(H,60,61)(H,62,63)/t22-,24-,26-,27-,28-,29-,30-,31-/m0/s1. The Kier molecular flexibility index (Phi) is 26.4. The molecule has 0 aliphatic rings. The molecule has 0 aliphatic carbocycles. The van der Waals surface area contributed by atoms with Crippen LogP contribution in [0.1, 0.15) is 97.0 Å². The quantitative estimate of drug-likeness (QED) is 0.0331. The highest BCUT2D eigenvalue weighted by molar-refractivity contribution is 5.98. The third-order valence-electron chi connectivity index (χ3n) is 10.0. The summed E-state index contributed by atoms with van der Waals surface area (Å²) in [5, 5.41) is 72.0. The monoisotopic (exact) mass is 993 g/mol. The van der Waals surface area contributed by atoms with Crippen LogP contribution in [0.5, 0.6) is 5.75 Å². The van der Waals surface area contributed by atoms with Crippen molar-refractivity contribution in [1.82, 2.24) is 37.2 Å². The van der Waals surface area contributed by atoms with Gasteiger partial charge < -0.3 is 73.6 Å². The smallest absolute Gasteiger partial charge is 0.303 e. The summed E-state index contributed by atoms with van der Waals surface area (Å²) in [5.41, 5.74) is 6.43. The molecule has 0 fully saturated rings. The fraction of sp³-hybridized carbons (Fsp3) is 0.558. The Morgan fingerprint density at radius 2 is 0.771 bits per heavy atom. The molecule has 1 aromatic carbocycles. The van der Waals surface area contributed by atoms with Crippen molar-refractivity contribution in [2.45, 2.75) is 146 Å². The number of rotatable bonds is 34. The first-order valence-electron chi connectivity index (χ1n) is 21.8. The summed E-state index contributed by atoms with van der Waals surface area (Å²) in [7, 11) is 0. The van der Waals surface area contributed by atoms with Crippen LogP contribution >= 0.6 is 0 Å². The number of hydrogen-bond acceptors (Lipinski definition) is 15. The zero-order valence-electron chi connectivity index (χ0n) is 38.6. The lowest BCUT2D eigenvalue weighted by atomic mass is 10.0. The number of carboxylic acid groups (broad SMARTS) is 5. The molecule has 1 radical (unpaired) electrons. The van der Waals surface area contributed by atoms with Crippen molar-refractivity contribution in [2.75, 3.05) is 0 Å². The molecule has 0 bridgehead atoms. The van der Waals surface area contributed by atoms with Crippen molar-refractivity contribution in [2.24, 2.45) is 11.7 Å². The summed E-state index contributed by atoms with van der Waals surface area (Å²) < 4.78 is 0. The van der Waals surface area contributed by atoms with Gasteiger partial charge in [0.05, 0.1) is 12.1 Å². The van der Waals surface area contributed by atoms with Crippen LogP contribution in [0, 0.1) is 5.92 Å². The molecule has 8 atom stereocenters. The molecule has 0 heterocycles. The second-order valence-electron chi connectivity index (χ2n) is 16.5. The van der Waals surface area contributed by atoms with Crippen molar-refractivity contribution in [3.8, 4) is 5.75 Å². The number of phenols is 1. The average Bonchev–Trinajstić information content (AvgIpc) is 3.27. The number of benzene rings is 1. The van der Waals surface area contributed by atoms with E-state index in [4.69, 9.17) is 5.73 Å². The van der Waals surface area contributed by atoms with Crippen LogP contribution in [0.25, 0.3) is 0 Å². The largest absolute Gasteiger partial charge is 0.508 e. The van der Waals surface area contributed by atoms with E-state index in [1.165, 1.54) is 31.2 Å². The molecule has 27 nitrogen and oxygen atoms in total.